The van der Waals surface area contributed by atoms with Gasteiger partial charge < -0.3 is 0 Å². The van der Waals surface area contributed by atoms with Gasteiger partial charge in [-0.2, -0.15) is 13.2 Å². The minimum absolute atomic E-state index is 0.0392. The lowest BCUT2D eigenvalue weighted by molar-refractivity contribution is -0.138. The highest BCUT2D eigenvalue weighted by Crippen LogP contribution is 2.35. The maximum Gasteiger partial charge on any atom is 0.416 e. The van der Waals surface area contributed by atoms with Crippen LogP contribution in [0.2, 0.25) is 0 Å². The first-order valence-corrected chi connectivity index (χ1v) is 6.46. The summed E-state index contributed by atoms with van der Waals surface area (Å²) in [6, 6.07) is 7.77. The number of hydrazine groups is 1. The summed E-state index contributed by atoms with van der Waals surface area (Å²) in [7, 11) is 0. The molecule has 1 heterocycles. The van der Waals surface area contributed by atoms with Gasteiger partial charge in [0.25, 0.3) is 0 Å². The van der Waals surface area contributed by atoms with Crippen LogP contribution in [0.25, 0.3) is 0 Å². The summed E-state index contributed by atoms with van der Waals surface area (Å²) in [5, 5.41) is 0. The molecule has 2 rings (SSSR count). The van der Waals surface area contributed by atoms with Gasteiger partial charge in [0, 0.05) is 10.7 Å². The molecule has 0 radical (unpaired) electrons. The largest absolute Gasteiger partial charge is 0.416 e. The zero-order valence-corrected chi connectivity index (χ0v) is 11.7. The molecule has 7 heteroatoms. The third kappa shape index (κ3) is 3.17. The Morgan fingerprint density at radius 3 is 2.40 bits per heavy atom. The molecule has 0 saturated carbocycles. The molecular formula is C13H11BrF3N3. The molecule has 3 N–H and O–H groups in total. The maximum absolute atomic E-state index is 13.0. The number of nitrogens with zero attached hydrogens (tertiary/aromatic N) is 1. The molecule has 1 aromatic carbocycles. The Labute approximate surface area is 122 Å². The van der Waals surface area contributed by atoms with Crippen molar-refractivity contribution in [3.8, 4) is 0 Å². The molecule has 0 saturated heterocycles. The second kappa shape index (κ2) is 5.90. The molecule has 2 aromatic rings. The first-order chi connectivity index (χ1) is 9.43. The van der Waals surface area contributed by atoms with E-state index >= 15 is 0 Å². The molecule has 106 valence electrons. The van der Waals surface area contributed by atoms with Crippen molar-refractivity contribution in [2.24, 2.45) is 5.84 Å². The lowest BCUT2D eigenvalue weighted by Gasteiger charge is -2.20. The average molecular weight is 346 g/mol. The van der Waals surface area contributed by atoms with Gasteiger partial charge in [-0.3, -0.25) is 10.8 Å². The number of halogens is 4. The molecule has 3 nitrogen and oxygen atoms in total. The average Bonchev–Trinajstić information content (AvgIpc) is 2.41. The normalized spacial score (nSPS) is 13.2. The van der Waals surface area contributed by atoms with Gasteiger partial charge in [-0.15, -0.1) is 0 Å². The predicted octanol–water partition coefficient (Wildman–Crippen LogP) is 3.42. The third-order valence-corrected chi connectivity index (χ3v) is 3.26. The highest BCUT2D eigenvalue weighted by molar-refractivity contribution is 9.10. The number of pyridine rings is 1. The van der Waals surface area contributed by atoms with Crippen LogP contribution in [0.4, 0.5) is 13.2 Å². The standard InChI is InChI=1S/C13H11BrF3N3/c14-8-5-6-11(19-7-8)12(20-18)9-3-1-2-4-10(9)13(15,16)17/h1-7,12,20H,18H2. The van der Waals surface area contributed by atoms with Crippen LogP contribution in [0, 0.1) is 0 Å². The quantitative estimate of drug-likeness (QED) is 0.662. The van der Waals surface area contributed by atoms with Crippen LogP contribution in [0.3, 0.4) is 0 Å². The first kappa shape index (κ1) is 15.0. The van der Waals surface area contributed by atoms with Crippen molar-refractivity contribution in [3.63, 3.8) is 0 Å². The second-order valence-electron chi connectivity index (χ2n) is 4.09. The Kier molecular flexibility index (Phi) is 4.42. The van der Waals surface area contributed by atoms with Gasteiger partial charge in [0.15, 0.2) is 0 Å². The number of benzene rings is 1. The number of nitrogens with two attached hydrogens (primary N) is 1. The van der Waals surface area contributed by atoms with Gasteiger partial charge >= 0.3 is 6.18 Å². The highest BCUT2D eigenvalue weighted by Gasteiger charge is 2.35. The van der Waals surface area contributed by atoms with E-state index in [-0.39, 0.29) is 5.56 Å². The summed E-state index contributed by atoms with van der Waals surface area (Å²) < 4.78 is 39.8. The summed E-state index contributed by atoms with van der Waals surface area (Å²) in [5.41, 5.74) is 2.11. The van der Waals surface area contributed by atoms with Crippen LogP contribution in [0.5, 0.6) is 0 Å². The molecule has 0 fully saturated rings. The minimum atomic E-state index is -4.44. The Morgan fingerprint density at radius 1 is 1.15 bits per heavy atom. The second-order valence-corrected chi connectivity index (χ2v) is 5.00. The van der Waals surface area contributed by atoms with Crippen molar-refractivity contribution in [2.45, 2.75) is 12.2 Å². The van der Waals surface area contributed by atoms with Crippen LogP contribution in [0.1, 0.15) is 22.9 Å². The van der Waals surface area contributed by atoms with E-state index in [0.29, 0.717) is 5.69 Å². The van der Waals surface area contributed by atoms with Crippen molar-refractivity contribution in [2.75, 3.05) is 0 Å². The summed E-state index contributed by atoms with van der Waals surface area (Å²) in [4.78, 5) is 4.09. The molecule has 1 aromatic heterocycles. The maximum atomic E-state index is 13.0. The first-order valence-electron chi connectivity index (χ1n) is 5.67. The van der Waals surface area contributed by atoms with Crippen molar-refractivity contribution < 1.29 is 13.2 Å². The van der Waals surface area contributed by atoms with E-state index in [0.717, 1.165) is 10.5 Å². The van der Waals surface area contributed by atoms with E-state index in [9.17, 15) is 13.2 Å². The Balaban J connectivity index is 2.50. The van der Waals surface area contributed by atoms with Crippen molar-refractivity contribution in [1.82, 2.24) is 10.4 Å². The monoisotopic (exact) mass is 345 g/mol. The minimum Gasteiger partial charge on any atom is -0.271 e. The van der Waals surface area contributed by atoms with Crippen molar-refractivity contribution >= 4 is 15.9 Å². The fourth-order valence-electron chi connectivity index (χ4n) is 1.90. The molecule has 0 aliphatic rings. The van der Waals surface area contributed by atoms with Crippen molar-refractivity contribution in [3.05, 3.63) is 63.9 Å². The number of hydrogen-bond donors (Lipinski definition) is 2. The number of alkyl halides is 3. The Bertz CT molecular complexity index is 584. The van der Waals surface area contributed by atoms with E-state index in [2.05, 4.69) is 26.3 Å². The summed E-state index contributed by atoms with van der Waals surface area (Å²) in [6.45, 7) is 0. The number of rotatable bonds is 3. The molecule has 1 atom stereocenters. The lowest BCUT2D eigenvalue weighted by atomic mass is 9.97. The smallest absolute Gasteiger partial charge is 0.271 e. The molecule has 0 aliphatic carbocycles. The van der Waals surface area contributed by atoms with Crippen LogP contribution >= 0.6 is 15.9 Å². The lowest BCUT2D eigenvalue weighted by Crippen LogP contribution is -2.31. The molecule has 20 heavy (non-hydrogen) atoms. The topological polar surface area (TPSA) is 50.9 Å². The molecule has 0 spiro atoms. The van der Waals surface area contributed by atoms with E-state index in [1.165, 1.54) is 24.4 Å². The van der Waals surface area contributed by atoms with Crippen LogP contribution in [0.15, 0.2) is 47.1 Å². The van der Waals surface area contributed by atoms with Gasteiger partial charge in [0.1, 0.15) is 0 Å². The molecule has 0 bridgehead atoms. The third-order valence-electron chi connectivity index (χ3n) is 2.79. The van der Waals surface area contributed by atoms with E-state index < -0.39 is 17.8 Å². The fourth-order valence-corrected chi connectivity index (χ4v) is 2.13. The zero-order chi connectivity index (χ0) is 14.8. The van der Waals surface area contributed by atoms with Crippen LogP contribution in [-0.4, -0.2) is 4.98 Å². The van der Waals surface area contributed by atoms with Crippen LogP contribution in [-0.2, 0) is 6.18 Å². The predicted molar refractivity (Wildman–Crippen MR) is 72.5 cm³/mol. The number of nitrogens with one attached hydrogen (secondary N) is 1. The van der Waals surface area contributed by atoms with Gasteiger partial charge in [-0.25, -0.2) is 5.43 Å². The van der Waals surface area contributed by atoms with Crippen LogP contribution < -0.4 is 11.3 Å². The van der Waals surface area contributed by atoms with E-state index in [4.69, 9.17) is 5.84 Å². The summed E-state index contributed by atoms with van der Waals surface area (Å²) in [6.07, 6.45) is -2.93. The van der Waals surface area contributed by atoms with E-state index in [1.54, 1.807) is 12.1 Å². The van der Waals surface area contributed by atoms with Gasteiger partial charge in [-0.05, 0) is 39.7 Å². The molecule has 1 unspecified atom stereocenters. The van der Waals surface area contributed by atoms with Gasteiger partial charge in [0.05, 0.1) is 17.3 Å². The van der Waals surface area contributed by atoms with Gasteiger partial charge in [0.2, 0.25) is 0 Å². The SMILES string of the molecule is NNC(c1ccc(Br)cn1)c1ccccc1C(F)(F)F. The van der Waals surface area contributed by atoms with Gasteiger partial charge in [-0.1, -0.05) is 18.2 Å². The summed E-state index contributed by atoms with van der Waals surface area (Å²) in [5.74, 6) is 5.42. The Hall–Kier alpha value is -1.44. The molecule has 0 aliphatic heterocycles. The zero-order valence-electron chi connectivity index (χ0n) is 10.2. The van der Waals surface area contributed by atoms with E-state index in [1.807, 2.05) is 0 Å². The highest BCUT2D eigenvalue weighted by atomic mass is 79.9. The Morgan fingerprint density at radius 2 is 1.85 bits per heavy atom. The summed E-state index contributed by atoms with van der Waals surface area (Å²) >= 11 is 3.22. The molecular weight excluding hydrogens is 335 g/mol. The van der Waals surface area contributed by atoms with Crippen molar-refractivity contribution in [1.29, 1.82) is 0 Å². The fraction of sp³-hybridized carbons (Fsp3) is 0.154. The number of hydrogen-bond acceptors (Lipinski definition) is 3. The number of aromatic nitrogens is 1. The molecule has 0 amide bonds.